The summed E-state index contributed by atoms with van der Waals surface area (Å²) >= 11 is 0. The lowest BCUT2D eigenvalue weighted by molar-refractivity contribution is -0.135. The first-order chi connectivity index (χ1) is 9.31. The number of hydrogen-bond donors (Lipinski definition) is 3. The number of benzene rings is 1. The molecule has 110 valence electrons. The van der Waals surface area contributed by atoms with Crippen molar-refractivity contribution in [3.8, 4) is 0 Å². The fourth-order valence-corrected chi connectivity index (χ4v) is 1.44. The minimum Gasteiger partial charge on any atom is -0.409 e. The highest BCUT2D eigenvalue weighted by Gasteiger charge is 2.26. The number of halogens is 3. The van der Waals surface area contributed by atoms with E-state index in [0.29, 0.717) is 11.1 Å². The second kappa shape index (κ2) is 6.78. The third-order valence-electron chi connectivity index (χ3n) is 2.45. The average Bonchev–Trinajstić information content (AvgIpc) is 2.37. The SMILES string of the molecule is NC(=NO)c1ccc(CC(=O)NCCC(F)(F)F)cc1. The van der Waals surface area contributed by atoms with Gasteiger partial charge in [0.15, 0.2) is 5.84 Å². The lowest BCUT2D eigenvalue weighted by Crippen LogP contribution is -2.29. The molecular weight excluding hydrogens is 275 g/mol. The van der Waals surface area contributed by atoms with Gasteiger partial charge in [-0.1, -0.05) is 29.4 Å². The van der Waals surface area contributed by atoms with Crippen LogP contribution >= 0.6 is 0 Å². The fourth-order valence-electron chi connectivity index (χ4n) is 1.44. The van der Waals surface area contributed by atoms with Crippen LogP contribution < -0.4 is 11.1 Å². The Kier molecular flexibility index (Phi) is 5.36. The number of amidine groups is 1. The molecular formula is C12H14F3N3O2. The molecule has 0 aliphatic carbocycles. The number of carbonyl (C=O) groups is 1. The Morgan fingerprint density at radius 3 is 2.40 bits per heavy atom. The summed E-state index contributed by atoms with van der Waals surface area (Å²) in [6.45, 7) is -0.440. The van der Waals surface area contributed by atoms with Crippen molar-refractivity contribution in [2.45, 2.75) is 19.0 Å². The molecule has 0 saturated heterocycles. The largest absolute Gasteiger partial charge is 0.409 e. The summed E-state index contributed by atoms with van der Waals surface area (Å²) in [7, 11) is 0. The average molecular weight is 289 g/mol. The molecule has 0 spiro atoms. The van der Waals surface area contributed by atoms with Gasteiger partial charge in [-0.2, -0.15) is 13.2 Å². The van der Waals surface area contributed by atoms with Crippen LogP contribution in [0.4, 0.5) is 13.2 Å². The summed E-state index contributed by atoms with van der Waals surface area (Å²) < 4.78 is 35.7. The van der Waals surface area contributed by atoms with Crippen LogP contribution in [0.2, 0.25) is 0 Å². The molecule has 0 saturated carbocycles. The number of nitrogens with one attached hydrogen (secondary N) is 1. The van der Waals surface area contributed by atoms with E-state index >= 15 is 0 Å². The Hall–Kier alpha value is -2.25. The highest BCUT2D eigenvalue weighted by molar-refractivity contribution is 5.97. The van der Waals surface area contributed by atoms with Gasteiger partial charge < -0.3 is 16.3 Å². The molecule has 1 aromatic carbocycles. The van der Waals surface area contributed by atoms with Gasteiger partial charge in [0, 0.05) is 12.1 Å². The normalized spacial score (nSPS) is 12.2. The standard InChI is InChI=1S/C12H14F3N3O2/c13-12(14,15)5-6-17-10(19)7-8-1-3-9(4-2-8)11(16)18-20/h1-4,20H,5-7H2,(H2,16,18)(H,17,19). The molecule has 8 heteroatoms. The zero-order chi connectivity index (χ0) is 15.2. The third kappa shape index (κ3) is 5.59. The van der Waals surface area contributed by atoms with Crippen LogP contribution in [0.1, 0.15) is 17.5 Å². The van der Waals surface area contributed by atoms with E-state index in [1.54, 1.807) is 24.3 Å². The van der Waals surface area contributed by atoms with Crippen molar-refractivity contribution in [1.29, 1.82) is 0 Å². The van der Waals surface area contributed by atoms with Crippen molar-refractivity contribution in [1.82, 2.24) is 5.32 Å². The van der Waals surface area contributed by atoms with Crippen molar-refractivity contribution in [3.05, 3.63) is 35.4 Å². The summed E-state index contributed by atoms with van der Waals surface area (Å²) in [5, 5.41) is 13.5. The van der Waals surface area contributed by atoms with Gasteiger partial charge in [-0.3, -0.25) is 4.79 Å². The van der Waals surface area contributed by atoms with Gasteiger partial charge in [0.25, 0.3) is 0 Å². The zero-order valence-corrected chi connectivity index (χ0v) is 10.4. The zero-order valence-electron chi connectivity index (χ0n) is 10.4. The van der Waals surface area contributed by atoms with E-state index < -0.39 is 25.0 Å². The first-order valence-corrected chi connectivity index (χ1v) is 5.72. The van der Waals surface area contributed by atoms with Crippen molar-refractivity contribution < 1.29 is 23.2 Å². The van der Waals surface area contributed by atoms with E-state index in [1.807, 2.05) is 0 Å². The summed E-state index contributed by atoms with van der Waals surface area (Å²) in [4.78, 5) is 11.4. The van der Waals surface area contributed by atoms with Crippen molar-refractivity contribution in [3.63, 3.8) is 0 Å². The van der Waals surface area contributed by atoms with Crippen molar-refractivity contribution in [2.75, 3.05) is 6.54 Å². The fraction of sp³-hybridized carbons (Fsp3) is 0.333. The molecule has 0 fully saturated rings. The molecule has 1 rings (SSSR count). The van der Waals surface area contributed by atoms with Gasteiger partial charge in [-0.25, -0.2) is 0 Å². The van der Waals surface area contributed by atoms with Crippen molar-refractivity contribution >= 4 is 11.7 Å². The number of hydrogen-bond acceptors (Lipinski definition) is 3. The Labute approximate surface area is 113 Å². The maximum atomic E-state index is 11.9. The quantitative estimate of drug-likeness (QED) is 0.331. The first-order valence-electron chi connectivity index (χ1n) is 5.72. The van der Waals surface area contributed by atoms with Crippen LogP contribution in [-0.2, 0) is 11.2 Å². The minimum atomic E-state index is -4.28. The summed E-state index contributed by atoms with van der Waals surface area (Å²) in [5.41, 5.74) is 6.46. The molecule has 20 heavy (non-hydrogen) atoms. The van der Waals surface area contributed by atoms with E-state index in [4.69, 9.17) is 10.9 Å². The van der Waals surface area contributed by atoms with Gasteiger partial charge in [0.1, 0.15) is 0 Å². The van der Waals surface area contributed by atoms with E-state index in [0.717, 1.165) is 0 Å². The number of rotatable bonds is 5. The molecule has 1 aromatic rings. The number of alkyl halides is 3. The van der Waals surface area contributed by atoms with Crippen LogP contribution in [0.3, 0.4) is 0 Å². The number of nitrogens with zero attached hydrogens (tertiary/aromatic N) is 1. The Morgan fingerprint density at radius 1 is 1.30 bits per heavy atom. The summed E-state index contributed by atoms with van der Waals surface area (Å²) in [6.07, 6.45) is -5.37. The molecule has 1 amide bonds. The van der Waals surface area contributed by atoms with E-state index in [1.165, 1.54) is 0 Å². The lowest BCUT2D eigenvalue weighted by atomic mass is 10.1. The second-order valence-electron chi connectivity index (χ2n) is 4.07. The number of amides is 1. The molecule has 0 bridgehead atoms. The Morgan fingerprint density at radius 2 is 1.90 bits per heavy atom. The van der Waals surface area contributed by atoms with Gasteiger partial charge in [-0.15, -0.1) is 0 Å². The topological polar surface area (TPSA) is 87.7 Å². The van der Waals surface area contributed by atoms with E-state index in [-0.39, 0.29) is 12.3 Å². The smallest absolute Gasteiger partial charge is 0.390 e. The van der Waals surface area contributed by atoms with Crippen molar-refractivity contribution in [2.24, 2.45) is 10.9 Å². The summed E-state index contributed by atoms with van der Waals surface area (Å²) in [6, 6.07) is 6.26. The molecule has 5 nitrogen and oxygen atoms in total. The molecule has 0 atom stereocenters. The van der Waals surface area contributed by atoms with Gasteiger partial charge >= 0.3 is 6.18 Å². The van der Waals surface area contributed by atoms with Gasteiger partial charge in [-0.05, 0) is 5.56 Å². The maximum Gasteiger partial charge on any atom is 0.390 e. The monoisotopic (exact) mass is 289 g/mol. The molecule has 4 N–H and O–H groups in total. The molecule has 0 aliphatic heterocycles. The second-order valence-corrected chi connectivity index (χ2v) is 4.07. The number of oxime groups is 1. The Bertz CT molecular complexity index is 484. The summed E-state index contributed by atoms with van der Waals surface area (Å²) in [5.74, 6) is -0.558. The lowest BCUT2D eigenvalue weighted by Gasteiger charge is -2.08. The first kappa shape index (κ1) is 15.8. The van der Waals surface area contributed by atoms with Crippen LogP contribution in [0, 0.1) is 0 Å². The number of carbonyl (C=O) groups excluding carboxylic acids is 1. The number of nitrogens with two attached hydrogens (primary N) is 1. The molecule has 0 aliphatic rings. The molecule has 0 heterocycles. The predicted octanol–water partition coefficient (Wildman–Crippen LogP) is 1.39. The molecule has 0 radical (unpaired) electrons. The van der Waals surface area contributed by atoms with Crippen LogP contribution in [0.5, 0.6) is 0 Å². The highest BCUT2D eigenvalue weighted by atomic mass is 19.4. The molecule has 0 unspecified atom stereocenters. The van der Waals surface area contributed by atoms with Crippen LogP contribution in [0.25, 0.3) is 0 Å². The highest BCUT2D eigenvalue weighted by Crippen LogP contribution is 2.18. The Balaban J connectivity index is 2.46. The van der Waals surface area contributed by atoms with E-state index in [9.17, 15) is 18.0 Å². The van der Waals surface area contributed by atoms with Gasteiger partial charge in [0.2, 0.25) is 5.91 Å². The van der Waals surface area contributed by atoms with Gasteiger partial charge in [0.05, 0.1) is 12.8 Å². The predicted molar refractivity (Wildman–Crippen MR) is 66.3 cm³/mol. The van der Waals surface area contributed by atoms with E-state index in [2.05, 4.69) is 10.5 Å². The van der Waals surface area contributed by atoms with Crippen LogP contribution in [0.15, 0.2) is 29.4 Å². The van der Waals surface area contributed by atoms with Crippen LogP contribution in [-0.4, -0.2) is 29.7 Å². The minimum absolute atomic E-state index is 0.0334. The maximum absolute atomic E-state index is 11.9. The molecule has 0 aromatic heterocycles. The third-order valence-corrected chi connectivity index (χ3v) is 2.45.